The zero-order valence-corrected chi connectivity index (χ0v) is 10.4. The van der Waals surface area contributed by atoms with Gasteiger partial charge >= 0.3 is 17.1 Å². The number of carbonyl (C=O) groups excluding carboxylic acids is 1. The number of hydrogen-bond acceptors (Lipinski definition) is 3. The summed E-state index contributed by atoms with van der Waals surface area (Å²) in [6.45, 7) is 0. The topological polar surface area (TPSA) is 26.3 Å². The van der Waals surface area contributed by atoms with E-state index in [9.17, 15) is 22.4 Å². The fourth-order valence-corrected chi connectivity index (χ4v) is 5.39. The van der Waals surface area contributed by atoms with Crippen LogP contribution in [0.5, 0.6) is 0 Å². The summed E-state index contributed by atoms with van der Waals surface area (Å²) in [5.74, 6) is -7.47. The van der Waals surface area contributed by atoms with Gasteiger partial charge in [-0.2, -0.15) is 17.6 Å². The summed E-state index contributed by atoms with van der Waals surface area (Å²) in [5, 5.41) is -4.73. The Balaban J connectivity index is 1.92. The van der Waals surface area contributed by atoms with Crippen molar-refractivity contribution in [2.24, 2.45) is 23.7 Å². The lowest BCUT2D eigenvalue weighted by Gasteiger charge is -2.31. The fraction of sp³-hybridized carbons (Fsp3) is 0.909. The van der Waals surface area contributed by atoms with Gasteiger partial charge in [0.25, 0.3) is 0 Å². The number of alkyl halides is 4. The van der Waals surface area contributed by atoms with Gasteiger partial charge in [-0.1, -0.05) is 11.8 Å². The van der Waals surface area contributed by atoms with Crippen LogP contribution in [0, 0.1) is 23.7 Å². The molecule has 0 amide bonds. The van der Waals surface area contributed by atoms with E-state index in [0.29, 0.717) is 12.8 Å². The molecule has 3 aliphatic rings. The van der Waals surface area contributed by atoms with Gasteiger partial charge in [-0.3, -0.25) is 4.79 Å². The van der Waals surface area contributed by atoms with Crippen LogP contribution in [0.2, 0.25) is 0 Å². The van der Waals surface area contributed by atoms with Crippen molar-refractivity contribution in [3.05, 3.63) is 0 Å². The first-order valence-electron chi connectivity index (χ1n) is 5.81. The third-order valence-corrected chi connectivity index (χ3v) is 6.04. The van der Waals surface area contributed by atoms with Gasteiger partial charge in [-0.05, 0) is 24.7 Å². The van der Waals surface area contributed by atoms with E-state index < -0.39 is 40.2 Å². The minimum Gasteiger partial charge on any atom is -0.469 e. The van der Waals surface area contributed by atoms with Gasteiger partial charge in [-0.15, -0.1) is 0 Å². The Hall–Kier alpha value is -0.460. The Labute approximate surface area is 105 Å². The zero-order chi connectivity index (χ0) is 13.3. The second-order valence-electron chi connectivity index (χ2n) is 5.27. The minimum absolute atomic E-state index is 0.0944. The summed E-state index contributed by atoms with van der Waals surface area (Å²) in [4.78, 5) is 11.5. The number of halogens is 4. The van der Waals surface area contributed by atoms with Crippen molar-refractivity contribution in [3.63, 3.8) is 0 Å². The molecule has 7 heteroatoms. The molecule has 0 spiro atoms. The first kappa shape index (κ1) is 12.6. The van der Waals surface area contributed by atoms with Crippen molar-refractivity contribution in [1.29, 1.82) is 0 Å². The van der Waals surface area contributed by atoms with E-state index in [2.05, 4.69) is 4.74 Å². The van der Waals surface area contributed by atoms with Crippen molar-refractivity contribution < 1.29 is 27.1 Å². The van der Waals surface area contributed by atoms with E-state index in [1.165, 1.54) is 7.11 Å². The number of carbonyl (C=O) groups is 1. The Morgan fingerprint density at radius 1 is 1.28 bits per heavy atom. The van der Waals surface area contributed by atoms with E-state index >= 15 is 0 Å². The van der Waals surface area contributed by atoms with Crippen LogP contribution in [0.4, 0.5) is 17.6 Å². The van der Waals surface area contributed by atoms with Gasteiger partial charge in [0.15, 0.2) is 0 Å². The molecule has 2 saturated carbocycles. The maximum atomic E-state index is 13.8. The molecule has 3 rings (SSSR count). The Kier molecular flexibility index (Phi) is 2.48. The molecule has 0 N–H and O–H groups in total. The van der Waals surface area contributed by atoms with Crippen molar-refractivity contribution in [1.82, 2.24) is 0 Å². The van der Waals surface area contributed by atoms with Crippen LogP contribution in [0.15, 0.2) is 0 Å². The van der Waals surface area contributed by atoms with Gasteiger partial charge in [0.05, 0.1) is 13.0 Å². The molecule has 1 saturated heterocycles. The first-order valence-corrected chi connectivity index (χ1v) is 6.69. The predicted octanol–water partition coefficient (Wildman–Crippen LogP) is 2.78. The van der Waals surface area contributed by atoms with E-state index in [1.807, 2.05) is 0 Å². The summed E-state index contributed by atoms with van der Waals surface area (Å²) in [5.41, 5.74) is 0. The summed E-state index contributed by atoms with van der Waals surface area (Å²) in [7, 11) is 1.20. The highest BCUT2D eigenvalue weighted by Crippen LogP contribution is 2.70. The van der Waals surface area contributed by atoms with E-state index in [4.69, 9.17) is 0 Å². The predicted molar refractivity (Wildman–Crippen MR) is 56.5 cm³/mol. The van der Waals surface area contributed by atoms with Crippen LogP contribution in [-0.2, 0) is 9.53 Å². The molecule has 2 bridgehead atoms. The van der Waals surface area contributed by atoms with Gasteiger partial charge in [0, 0.05) is 11.2 Å². The lowest BCUT2D eigenvalue weighted by molar-refractivity contribution is -0.188. The standard InChI is InChI=1S/C11H12F4O2S/c1-17-9(16)6-3-4-2-5(6)7-8(4)18-11(14,15)10(7,12)13/h4-8H,2-3H2,1H3/t4-,5-,6+,7+,8+/m0/s1. The van der Waals surface area contributed by atoms with Gasteiger partial charge in [0.2, 0.25) is 0 Å². The molecule has 2 nitrogen and oxygen atoms in total. The highest BCUT2D eigenvalue weighted by molar-refractivity contribution is 8.01. The summed E-state index contributed by atoms with van der Waals surface area (Å²) >= 11 is 0.0944. The second kappa shape index (κ2) is 3.55. The molecule has 0 radical (unpaired) electrons. The maximum Gasteiger partial charge on any atom is 0.356 e. The quantitative estimate of drug-likeness (QED) is 0.547. The molecule has 0 aromatic carbocycles. The Morgan fingerprint density at radius 2 is 1.94 bits per heavy atom. The van der Waals surface area contributed by atoms with Gasteiger partial charge < -0.3 is 4.74 Å². The summed E-state index contributed by atoms with van der Waals surface area (Å²) in [6, 6.07) is 0. The number of methoxy groups -OCH3 is 1. The zero-order valence-electron chi connectivity index (χ0n) is 9.54. The molecular formula is C11H12F4O2S. The maximum absolute atomic E-state index is 13.8. The molecule has 3 fully saturated rings. The smallest absolute Gasteiger partial charge is 0.356 e. The highest BCUT2D eigenvalue weighted by atomic mass is 32.2. The average Bonchev–Trinajstić information content (AvgIpc) is 2.88. The van der Waals surface area contributed by atoms with E-state index in [1.54, 1.807) is 0 Å². The van der Waals surface area contributed by atoms with Crippen molar-refractivity contribution in [2.45, 2.75) is 29.3 Å². The molecule has 1 aliphatic heterocycles. The SMILES string of the molecule is COC(=O)[C@@H]1C[C@@H]2C[C@@H]1[C@@H]1[C@@H]2SC(F)(F)C1(F)F. The molecule has 0 aromatic rings. The van der Waals surface area contributed by atoms with Crippen LogP contribution >= 0.6 is 11.8 Å². The fourth-order valence-electron chi connectivity index (χ4n) is 3.82. The van der Waals surface area contributed by atoms with E-state index in [0.717, 1.165) is 0 Å². The summed E-state index contributed by atoms with van der Waals surface area (Å²) < 4.78 is 58.7. The number of fused-ring (bicyclic) bond motifs is 5. The number of esters is 1. The van der Waals surface area contributed by atoms with Crippen LogP contribution in [0.1, 0.15) is 12.8 Å². The summed E-state index contributed by atoms with van der Waals surface area (Å²) in [6.07, 6.45) is 0.839. The number of ether oxygens (including phenoxy) is 1. The molecule has 1 heterocycles. The molecule has 0 aromatic heterocycles. The minimum atomic E-state index is -4.02. The van der Waals surface area contributed by atoms with Gasteiger partial charge in [-0.25, -0.2) is 0 Å². The third kappa shape index (κ3) is 1.34. The monoisotopic (exact) mass is 284 g/mol. The molecule has 18 heavy (non-hydrogen) atoms. The molecule has 2 aliphatic carbocycles. The molecule has 5 atom stereocenters. The van der Waals surface area contributed by atoms with Crippen LogP contribution in [0.25, 0.3) is 0 Å². The second-order valence-corrected chi connectivity index (χ2v) is 6.57. The van der Waals surface area contributed by atoms with Crippen LogP contribution in [0.3, 0.4) is 0 Å². The lowest BCUT2D eigenvalue weighted by Crippen LogP contribution is -2.45. The largest absolute Gasteiger partial charge is 0.469 e. The molecule has 102 valence electrons. The normalized spacial score (nSPS) is 47.1. The van der Waals surface area contributed by atoms with Crippen LogP contribution in [-0.4, -0.2) is 29.5 Å². The van der Waals surface area contributed by atoms with Crippen LogP contribution < -0.4 is 0 Å². The number of thioether (sulfide) groups is 1. The first-order chi connectivity index (χ1) is 8.29. The highest BCUT2D eigenvalue weighted by Gasteiger charge is 2.77. The van der Waals surface area contributed by atoms with Crippen molar-refractivity contribution >= 4 is 17.7 Å². The van der Waals surface area contributed by atoms with Crippen molar-refractivity contribution in [3.8, 4) is 0 Å². The Bertz CT molecular complexity index is 401. The van der Waals surface area contributed by atoms with Gasteiger partial charge in [0.1, 0.15) is 0 Å². The number of rotatable bonds is 1. The molecule has 0 unspecified atom stereocenters. The average molecular weight is 284 g/mol. The Morgan fingerprint density at radius 3 is 2.56 bits per heavy atom. The molecular weight excluding hydrogens is 272 g/mol. The lowest BCUT2D eigenvalue weighted by atomic mass is 9.77. The number of hydrogen-bond donors (Lipinski definition) is 0. The van der Waals surface area contributed by atoms with Crippen molar-refractivity contribution in [2.75, 3.05) is 7.11 Å². The third-order valence-electron chi connectivity index (χ3n) is 4.52. The van der Waals surface area contributed by atoms with E-state index in [-0.39, 0.29) is 17.7 Å².